The molecular weight excluding hydrogens is 288 g/mol. The zero-order valence-electron chi connectivity index (χ0n) is 13.8. The SMILES string of the molecule is CCC(=O)C1CCC(Oc2cccc3nc(C)cc(N)c23)CC1. The molecule has 1 saturated carbocycles. The molecule has 1 heterocycles. The molecule has 1 aromatic carbocycles. The van der Waals surface area contributed by atoms with Crippen molar-refractivity contribution in [2.24, 2.45) is 5.92 Å². The van der Waals surface area contributed by atoms with Gasteiger partial charge in [-0.3, -0.25) is 9.78 Å². The van der Waals surface area contributed by atoms with E-state index < -0.39 is 0 Å². The third-order valence-corrected chi connectivity index (χ3v) is 4.73. The van der Waals surface area contributed by atoms with Crippen molar-refractivity contribution in [1.29, 1.82) is 0 Å². The number of aryl methyl sites for hydroxylation is 1. The molecule has 0 aliphatic heterocycles. The molecule has 4 nitrogen and oxygen atoms in total. The van der Waals surface area contributed by atoms with Crippen LogP contribution in [-0.4, -0.2) is 16.9 Å². The van der Waals surface area contributed by atoms with E-state index in [4.69, 9.17) is 10.5 Å². The van der Waals surface area contributed by atoms with Crippen LogP contribution in [0.4, 0.5) is 5.69 Å². The lowest BCUT2D eigenvalue weighted by Gasteiger charge is -2.28. The molecule has 1 fully saturated rings. The van der Waals surface area contributed by atoms with E-state index in [9.17, 15) is 4.79 Å². The number of hydrogen-bond acceptors (Lipinski definition) is 4. The standard InChI is InChI=1S/C19H24N2O2/c1-3-17(22)13-7-9-14(10-8-13)23-18-6-4-5-16-19(18)15(20)11-12(2)21-16/h4-6,11,13-14H,3,7-10H2,1-2H3,(H2,20,21). The number of Topliss-reactive ketones (excluding diaryl/α,β-unsaturated/α-hetero) is 1. The van der Waals surface area contributed by atoms with E-state index in [0.29, 0.717) is 17.9 Å². The molecule has 0 bridgehead atoms. The van der Waals surface area contributed by atoms with Gasteiger partial charge in [0, 0.05) is 23.7 Å². The topological polar surface area (TPSA) is 65.2 Å². The van der Waals surface area contributed by atoms with Crippen molar-refractivity contribution in [1.82, 2.24) is 4.98 Å². The minimum Gasteiger partial charge on any atom is -0.490 e. The van der Waals surface area contributed by atoms with Gasteiger partial charge >= 0.3 is 0 Å². The summed E-state index contributed by atoms with van der Waals surface area (Å²) in [5, 5.41) is 0.893. The lowest BCUT2D eigenvalue weighted by atomic mass is 9.84. The number of hydrogen-bond donors (Lipinski definition) is 1. The number of nitrogen functional groups attached to an aromatic ring is 1. The summed E-state index contributed by atoms with van der Waals surface area (Å²) < 4.78 is 6.22. The zero-order valence-corrected chi connectivity index (χ0v) is 13.8. The number of carbonyl (C=O) groups excluding carboxylic acids is 1. The van der Waals surface area contributed by atoms with Crippen molar-refractivity contribution in [3.63, 3.8) is 0 Å². The summed E-state index contributed by atoms with van der Waals surface area (Å²) in [6.07, 6.45) is 4.49. The molecular formula is C19H24N2O2. The van der Waals surface area contributed by atoms with E-state index in [-0.39, 0.29) is 12.0 Å². The molecule has 1 aromatic heterocycles. The predicted octanol–water partition coefficient (Wildman–Crippen LogP) is 4.04. The van der Waals surface area contributed by atoms with Crippen LogP contribution in [0.3, 0.4) is 0 Å². The highest BCUT2D eigenvalue weighted by Gasteiger charge is 2.26. The molecule has 2 N–H and O–H groups in total. The average molecular weight is 312 g/mol. The first-order chi connectivity index (χ1) is 11.1. The summed E-state index contributed by atoms with van der Waals surface area (Å²) in [6.45, 7) is 3.88. The zero-order chi connectivity index (χ0) is 16.4. The first-order valence-electron chi connectivity index (χ1n) is 8.43. The molecule has 4 heteroatoms. The number of fused-ring (bicyclic) bond motifs is 1. The van der Waals surface area contributed by atoms with Crippen molar-refractivity contribution in [3.05, 3.63) is 30.0 Å². The number of rotatable bonds is 4. The molecule has 0 atom stereocenters. The van der Waals surface area contributed by atoms with E-state index in [1.165, 1.54) is 0 Å². The monoisotopic (exact) mass is 312 g/mol. The lowest BCUT2D eigenvalue weighted by Crippen LogP contribution is -2.27. The van der Waals surface area contributed by atoms with Gasteiger partial charge in [0.05, 0.1) is 17.0 Å². The molecule has 0 radical (unpaired) electrons. The molecule has 3 rings (SSSR count). The van der Waals surface area contributed by atoms with Crippen LogP contribution in [0.5, 0.6) is 5.75 Å². The second kappa shape index (κ2) is 6.57. The Hall–Kier alpha value is -2.10. The smallest absolute Gasteiger partial charge is 0.135 e. The van der Waals surface area contributed by atoms with Crippen LogP contribution < -0.4 is 10.5 Å². The van der Waals surface area contributed by atoms with Crippen LogP contribution >= 0.6 is 0 Å². The van der Waals surface area contributed by atoms with Crippen LogP contribution in [-0.2, 0) is 4.79 Å². The maximum absolute atomic E-state index is 11.8. The van der Waals surface area contributed by atoms with Gasteiger partial charge in [-0.1, -0.05) is 13.0 Å². The number of nitrogens with zero attached hydrogens (tertiary/aromatic N) is 1. The molecule has 0 unspecified atom stereocenters. The minimum absolute atomic E-state index is 0.155. The molecule has 0 amide bonds. The number of anilines is 1. The van der Waals surface area contributed by atoms with Crippen LogP contribution in [0, 0.1) is 12.8 Å². The lowest BCUT2D eigenvalue weighted by molar-refractivity contribution is -0.123. The first-order valence-corrected chi connectivity index (χ1v) is 8.43. The summed E-state index contributed by atoms with van der Waals surface area (Å²) in [5.41, 5.74) is 8.66. The Morgan fingerprint density at radius 2 is 2.04 bits per heavy atom. The van der Waals surface area contributed by atoms with Crippen molar-refractivity contribution in [2.45, 2.75) is 52.1 Å². The van der Waals surface area contributed by atoms with Gasteiger partial charge in [0.15, 0.2) is 0 Å². The molecule has 122 valence electrons. The highest BCUT2D eigenvalue weighted by Crippen LogP contribution is 2.34. The highest BCUT2D eigenvalue weighted by atomic mass is 16.5. The fourth-order valence-electron chi connectivity index (χ4n) is 3.49. The maximum atomic E-state index is 11.8. The number of ketones is 1. The van der Waals surface area contributed by atoms with Gasteiger partial charge in [-0.05, 0) is 50.8 Å². The summed E-state index contributed by atoms with van der Waals surface area (Å²) >= 11 is 0. The number of pyridine rings is 1. The molecule has 2 aromatic rings. The van der Waals surface area contributed by atoms with Gasteiger partial charge in [-0.25, -0.2) is 0 Å². The van der Waals surface area contributed by atoms with Gasteiger partial charge in [-0.15, -0.1) is 0 Å². The average Bonchev–Trinajstić information content (AvgIpc) is 2.54. The number of ether oxygens (including phenoxy) is 1. The van der Waals surface area contributed by atoms with Crippen molar-refractivity contribution < 1.29 is 9.53 Å². The van der Waals surface area contributed by atoms with E-state index in [0.717, 1.165) is 48.0 Å². The normalized spacial score (nSPS) is 21.3. The van der Waals surface area contributed by atoms with Crippen molar-refractivity contribution in [2.75, 3.05) is 5.73 Å². The summed E-state index contributed by atoms with van der Waals surface area (Å²) in [4.78, 5) is 16.3. The van der Waals surface area contributed by atoms with Crippen LogP contribution in [0.15, 0.2) is 24.3 Å². The van der Waals surface area contributed by atoms with Crippen LogP contribution in [0.25, 0.3) is 10.9 Å². The predicted molar refractivity (Wildman–Crippen MR) is 92.6 cm³/mol. The molecule has 0 spiro atoms. The van der Waals surface area contributed by atoms with Crippen molar-refractivity contribution >= 4 is 22.4 Å². The number of carbonyl (C=O) groups is 1. The summed E-state index contributed by atoms with van der Waals surface area (Å²) in [6, 6.07) is 7.75. The van der Waals surface area contributed by atoms with Gasteiger partial charge in [0.1, 0.15) is 11.5 Å². The Balaban J connectivity index is 1.77. The largest absolute Gasteiger partial charge is 0.490 e. The first kappa shape index (κ1) is 15.8. The Labute approximate surface area is 137 Å². The summed E-state index contributed by atoms with van der Waals surface area (Å²) in [5.74, 6) is 1.41. The van der Waals surface area contributed by atoms with Crippen LogP contribution in [0.1, 0.15) is 44.7 Å². The number of benzene rings is 1. The maximum Gasteiger partial charge on any atom is 0.135 e. The van der Waals surface area contributed by atoms with Crippen LogP contribution in [0.2, 0.25) is 0 Å². The van der Waals surface area contributed by atoms with E-state index >= 15 is 0 Å². The second-order valence-corrected chi connectivity index (χ2v) is 6.41. The van der Waals surface area contributed by atoms with Crippen molar-refractivity contribution in [3.8, 4) is 5.75 Å². The minimum atomic E-state index is 0.155. The number of nitrogens with two attached hydrogens (primary N) is 1. The quantitative estimate of drug-likeness (QED) is 0.925. The molecule has 1 aliphatic rings. The Morgan fingerprint density at radius 1 is 1.30 bits per heavy atom. The Kier molecular flexibility index (Phi) is 4.51. The fourth-order valence-corrected chi connectivity index (χ4v) is 3.49. The van der Waals surface area contributed by atoms with E-state index in [2.05, 4.69) is 4.98 Å². The molecule has 0 saturated heterocycles. The number of aromatic nitrogens is 1. The second-order valence-electron chi connectivity index (χ2n) is 6.41. The third kappa shape index (κ3) is 3.31. The van der Waals surface area contributed by atoms with Gasteiger partial charge < -0.3 is 10.5 Å². The van der Waals surface area contributed by atoms with E-state index in [1.54, 1.807) is 0 Å². The highest BCUT2D eigenvalue weighted by molar-refractivity contribution is 5.95. The molecule has 1 aliphatic carbocycles. The van der Waals surface area contributed by atoms with Gasteiger partial charge in [0.2, 0.25) is 0 Å². The Bertz CT molecular complexity index is 719. The van der Waals surface area contributed by atoms with Gasteiger partial charge in [0.25, 0.3) is 0 Å². The third-order valence-electron chi connectivity index (χ3n) is 4.73. The summed E-state index contributed by atoms with van der Waals surface area (Å²) in [7, 11) is 0. The fraction of sp³-hybridized carbons (Fsp3) is 0.474. The van der Waals surface area contributed by atoms with E-state index in [1.807, 2.05) is 38.1 Å². The molecule has 23 heavy (non-hydrogen) atoms. The Morgan fingerprint density at radius 3 is 2.74 bits per heavy atom. The van der Waals surface area contributed by atoms with Gasteiger partial charge in [-0.2, -0.15) is 0 Å².